The minimum atomic E-state index is -4.80. The van der Waals surface area contributed by atoms with Crippen LogP contribution >= 0.6 is 0 Å². The largest absolute Gasteiger partial charge is 0.573 e. The fraction of sp³-hybridized carbons (Fsp3) is 0.133. The Morgan fingerprint density at radius 1 is 1.12 bits per heavy atom. The molecule has 0 atom stereocenters. The maximum absolute atomic E-state index is 12.1. The molecule has 130 valence electrons. The van der Waals surface area contributed by atoms with Crippen molar-refractivity contribution in [2.45, 2.75) is 13.0 Å². The van der Waals surface area contributed by atoms with E-state index in [0.717, 1.165) is 24.3 Å². The minimum absolute atomic E-state index is 0.0387. The van der Waals surface area contributed by atoms with Crippen LogP contribution in [0, 0.1) is 0 Å². The Balaban J connectivity index is 1.57. The van der Waals surface area contributed by atoms with Crippen molar-refractivity contribution in [3.8, 4) is 17.4 Å². The molecule has 7 nitrogen and oxygen atoms in total. The van der Waals surface area contributed by atoms with E-state index >= 15 is 0 Å². The van der Waals surface area contributed by atoms with Gasteiger partial charge in [-0.2, -0.15) is 0 Å². The van der Waals surface area contributed by atoms with Crippen molar-refractivity contribution in [2.75, 3.05) is 0 Å². The van der Waals surface area contributed by atoms with Gasteiger partial charge in [-0.15, -0.1) is 23.4 Å². The van der Waals surface area contributed by atoms with Crippen LogP contribution < -0.4 is 4.74 Å². The highest BCUT2D eigenvalue weighted by Gasteiger charge is 2.31. The lowest BCUT2D eigenvalue weighted by atomic mass is 10.2. The highest BCUT2D eigenvalue weighted by Crippen LogP contribution is 2.23. The average molecular weight is 354 g/mol. The number of ether oxygens (including phenoxy) is 2. The summed E-state index contributed by atoms with van der Waals surface area (Å²) >= 11 is 0. The molecule has 0 N–H and O–H groups in total. The third kappa shape index (κ3) is 4.37. The molecule has 0 aliphatic heterocycles. The van der Waals surface area contributed by atoms with E-state index in [-0.39, 0.29) is 24.0 Å². The van der Waals surface area contributed by atoms with E-state index in [2.05, 4.69) is 14.9 Å². The molecule has 0 aliphatic rings. The summed E-state index contributed by atoms with van der Waals surface area (Å²) in [7, 11) is 0. The molecule has 0 saturated carbocycles. The Morgan fingerprint density at radius 3 is 2.52 bits per heavy atom. The molecular weight excluding hydrogens is 345 g/mol. The molecule has 2 heterocycles. The Labute approximate surface area is 138 Å². The number of rotatable bonds is 5. The number of nitrogens with zero attached hydrogens (tertiary/aromatic N) is 2. The standard InChI is InChI=1S/C15H9F3N2O5/c16-15(17,18)25-10-5-3-9(4-6-10)14(21)23-8-12-19-20-13(24-12)11-2-1-7-22-11/h1-7H,8H2. The number of alkyl halides is 3. The van der Waals surface area contributed by atoms with Crippen molar-refractivity contribution < 1.29 is 36.3 Å². The molecule has 3 rings (SSSR count). The van der Waals surface area contributed by atoms with Crippen molar-refractivity contribution in [3.05, 3.63) is 54.1 Å². The van der Waals surface area contributed by atoms with Gasteiger partial charge in [0.2, 0.25) is 0 Å². The second kappa shape index (κ2) is 6.67. The van der Waals surface area contributed by atoms with Crippen LogP contribution in [-0.2, 0) is 11.3 Å². The number of benzene rings is 1. The molecule has 25 heavy (non-hydrogen) atoms. The molecule has 1 aromatic carbocycles. The van der Waals surface area contributed by atoms with E-state index < -0.39 is 18.1 Å². The van der Waals surface area contributed by atoms with E-state index in [0.29, 0.717) is 5.76 Å². The van der Waals surface area contributed by atoms with E-state index in [1.165, 1.54) is 6.26 Å². The Hall–Kier alpha value is -3.30. The monoisotopic (exact) mass is 354 g/mol. The zero-order chi connectivity index (χ0) is 17.9. The zero-order valence-corrected chi connectivity index (χ0v) is 12.3. The van der Waals surface area contributed by atoms with E-state index in [4.69, 9.17) is 13.6 Å². The highest BCUT2D eigenvalue weighted by atomic mass is 19.4. The van der Waals surface area contributed by atoms with Gasteiger partial charge in [-0.1, -0.05) is 0 Å². The topological polar surface area (TPSA) is 87.6 Å². The van der Waals surface area contributed by atoms with Crippen molar-refractivity contribution >= 4 is 5.97 Å². The highest BCUT2D eigenvalue weighted by molar-refractivity contribution is 5.89. The average Bonchev–Trinajstić information content (AvgIpc) is 3.23. The molecule has 2 aromatic heterocycles. The number of carbonyl (C=O) groups is 1. The maximum atomic E-state index is 12.1. The Morgan fingerprint density at radius 2 is 1.88 bits per heavy atom. The molecule has 0 radical (unpaired) electrons. The van der Waals surface area contributed by atoms with Crippen LogP contribution in [0.2, 0.25) is 0 Å². The van der Waals surface area contributed by atoms with Crippen molar-refractivity contribution in [2.24, 2.45) is 0 Å². The second-order valence-electron chi connectivity index (χ2n) is 4.63. The van der Waals surface area contributed by atoms with Crippen LogP contribution in [0.15, 0.2) is 51.5 Å². The zero-order valence-electron chi connectivity index (χ0n) is 12.3. The van der Waals surface area contributed by atoms with Gasteiger partial charge < -0.3 is 18.3 Å². The number of furan rings is 1. The summed E-state index contributed by atoms with van der Waals surface area (Å²) < 4.78 is 55.2. The first kappa shape index (κ1) is 16.6. The van der Waals surface area contributed by atoms with E-state index in [9.17, 15) is 18.0 Å². The summed E-state index contributed by atoms with van der Waals surface area (Å²) in [5.74, 6) is -0.674. The van der Waals surface area contributed by atoms with Crippen LogP contribution in [-0.4, -0.2) is 22.5 Å². The molecule has 0 unspecified atom stereocenters. The van der Waals surface area contributed by atoms with Gasteiger partial charge in [-0.25, -0.2) is 4.79 Å². The third-order valence-corrected chi connectivity index (χ3v) is 2.85. The van der Waals surface area contributed by atoms with Crippen molar-refractivity contribution in [1.82, 2.24) is 10.2 Å². The van der Waals surface area contributed by atoms with Gasteiger partial charge in [0, 0.05) is 0 Å². The first-order valence-corrected chi connectivity index (χ1v) is 6.80. The number of hydrogen-bond acceptors (Lipinski definition) is 7. The quantitative estimate of drug-likeness (QED) is 0.647. The number of esters is 1. The molecule has 0 amide bonds. The molecule has 0 saturated heterocycles. The van der Waals surface area contributed by atoms with Gasteiger partial charge in [0.05, 0.1) is 11.8 Å². The third-order valence-electron chi connectivity index (χ3n) is 2.85. The van der Waals surface area contributed by atoms with Crippen LogP contribution in [0.25, 0.3) is 11.7 Å². The lowest BCUT2D eigenvalue weighted by Crippen LogP contribution is -2.17. The van der Waals surface area contributed by atoms with Gasteiger partial charge in [0.25, 0.3) is 11.8 Å². The summed E-state index contributed by atoms with van der Waals surface area (Å²) in [5, 5.41) is 7.42. The SMILES string of the molecule is O=C(OCc1nnc(-c2ccco2)o1)c1ccc(OC(F)(F)F)cc1. The van der Waals surface area contributed by atoms with Crippen molar-refractivity contribution in [3.63, 3.8) is 0 Å². The molecular formula is C15H9F3N2O5. The smallest absolute Gasteiger partial charge is 0.459 e. The predicted molar refractivity (Wildman–Crippen MR) is 74.2 cm³/mol. The molecule has 0 spiro atoms. The fourth-order valence-electron chi connectivity index (χ4n) is 1.82. The number of hydrogen-bond donors (Lipinski definition) is 0. The van der Waals surface area contributed by atoms with Gasteiger partial charge in [0.1, 0.15) is 5.75 Å². The number of aromatic nitrogens is 2. The van der Waals surface area contributed by atoms with E-state index in [1.807, 2.05) is 0 Å². The normalized spacial score (nSPS) is 11.3. The maximum Gasteiger partial charge on any atom is 0.573 e. The fourth-order valence-corrected chi connectivity index (χ4v) is 1.82. The second-order valence-corrected chi connectivity index (χ2v) is 4.63. The van der Waals surface area contributed by atoms with Crippen LogP contribution in [0.5, 0.6) is 5.75 Å². The first-order valence-electron chi connectivity index (χ1n) is 6.80. The number of halogens is 3. The predicted octanol–water partition coefficient (Wildman–Crippen LogP) is 3.59. The Bertz CT molecular complexity index is 841. The summed E-state index contributed by atoms with van der Waals surface area (Å²) in [5.41, 5.74) is 0.0419. The van der Waals surface area contributed by atoms with E-state index in [1.54, 1.807) is 12.1 Å². The first-order chi connectivity index (χ1) is 11.9. The van der Waals surface area contributed by atoms with Gasteiger partial charge in [-0.3, -0.25) is 0 Å². The minimum Gasteiger partial charge on any atom is -0.459 e. The van der Waals surface area contributed by atoms with Crippen LogP contribution in [0.4, 0.5) is 13.2 Å². The molecule has 10 heteroatoms. The van der Waals surface area contributed by atoms with Crippen molar-refractivity contribution in [1.29, 1.82) is 0 Å². The van der Waals surface area contributed by atoms with Gasteiger partial charge >= 0.3 is 12.3 Å². The van der Waals surface area contributed by atoms with Crippen LogP contribution in [0.1, 0.15) is 16.2 Å². The summed E-state index contributed by atoms with van der Waals surface area (Å²) in [6.07, 6.45) is -3.36. The summed E-state index contributed by atoms with van der Waals surface area (Å²) in [6.45, 7) is -0.298. The van der Waals surface area contributed by atoms with Crippen LogP contribution in [0.3, 0.4) is 0 Å². The molecule has 0 bridgehead atoms. The number of carbonyl (C=O) groups excluding carboxylic acids is 1. The lowest BCUT2D eigenvalue weighted by molar-refractivity contribution is -0.274. The lowest BCUT2D eigenvalue weighted by Gasteiger charge is -2.08. The van der Waals surface area contributed by atoms with Gasteiger partial charge in [0.15, 0.2) is 12.4 Å². The molecule has 0 fully saturated rings. The molecule has 3 aromatic rings. The summed E-state index contributed by atoms with van der Waals surface area (Å²) in [4.78, 5) is 11.9. The Kier molecular flexibility index (Phi) is 4.42. The van der Waals surface area contributed by atoms with Gasteiger partial charge in [-0.05, 0) is 36.4 Å². The summed E-state index contributed by atoms with van der Waals surface area (Å²) in [6, 6.07) is 7.56. The molecule has 0 aliphatic carbocycles.